The van der Waals surface area contributed by atoms with Crippen LogP contribution < -0.4 is 14.8 Å². The van der Waals surface area contributed by atoms with Crippen molar-refractivity contribution < 1.29 is 23.8 Å². The molecule has 3 rings (SSSR count). The van der Waals surface area contributed by atoms with Gasteiger partial charge in [0.25, 0.3) is 5.91 Å². The van der Waals surface area contributed by atoms with Crippen LogP contribution in [0, 0.1) is 0 Å². The largest absolute Gasteiger partial charge is 0.488 e. The van der Waals surface area contributed by atoms with Crippen molar-refractivity contribution in [3.05, 3.63) is 84.0 Å². The van der Waals surface area contributed by atoms with Gasteiger partial charge in [0.1, 0.15) is 23.7 Å². The average molecular weight is 391 g/mol. The molecule has 1 heterocycles. The normalized spacial score (nSPS) is 12.9. The summed E-state index contributed by atoms with van der Waals surface area (Å²) in [5, 5.41) is 2.78. The molecule has 0 saturated heterocycles. The molecular weight excluding hydrogens is 370 g/mol. The van der Waals surface area contributed by atoms with Crippen LogP contribution in [0.15, 0.2) is 72.9 Å². The second-order valence-electron chi connectivity index (χ2n) is 6.15. The highest BCUT2D eigenvalue weighted by Crippen LogP contribution is 2.39. The van der Waals surface area contributed by atoms with Crippen molar-refractivity contribution in [3.8, 4) is 17.2 Å². The van der Waals surface area contributed by atoms with Crippen LogP contribution >= 0.6 is 0 Å². The lowest BCUT2D eigenvalue weighted by atomic mass is 10.1. The zero-order valence-electron chi connectivity index (χ0n) is 16.2. The fourth-order valence-electron chi connectivity index (χ4n) is 2.88. The van der Waals surface area contributed by atoms with Gasteiger partial charge in [-0.05, 0) is 42.8 Å². The van der Waals surface area contributed by atoms with Gasteiger partial charge in [-0.25, -0.2) is 4.79 Å². The molecule has 1 N–H and O–H groups in total. The van der Waals surface area contributed by atoms with Gasteiger partial charge in [0.15, 0.2) is 5.75 Å². The van der Waals surface area contributed by atoms with Crippen LogP contribution in [0.25, 0.3) is 0 Å². The van der Waals surface area contributed by atoms with E-state index >= 15 is 0 Å². The molecule has 1 aliphatic heterocycles. The van der Waals surface area contributed by atoms with Crippen molar-refractivity contribution in [2.24, 2.45) is 0 Å². The van der Waals surface area contributed by atoms with Gasteiger partial charge in [-0.2, -0.15) is 0 Å². The van der Waals surface area contributed by atoms with Gasteiger partial charge in [0.2, 0.25) is 0 Å². The molecule has 0 bridgehead atoms. The van der Waals surface area contributed by atoms with E-state index in [-0.39, 0.29) is 12.2 Å². The third-order valence-corrected chi connectivity index (χ3v) is 4.19. The topological polar surface area (TPSA) is 73.9 Å². The summed E-state index contributed by atoms with van der Waals surface area (Å²) in [6.45, 7) is 5.87. The summed E-state index contributed by atoms with van der Waals surface area (Å²) >= 11 is 0. The van der Waals surface area contributed by atoms with Crippen LogP contribution in [-0.4, -0.2) is 25.6 Å². The first-order valence-corrected chi connectivity index (χ1v) is 8.99. The van der Waals surface area contributed by atoms with Crippen LogP contribution in [0.2, 0.25) is 0 Å². The minimum absolute atomic E-state index is 0.263. The summed E-state index contributed by atoms with van der Waals surface area (Å²) in [5.74, 6) is 0.281. The fraction of sp³-hybridized carbons (Fsp3) is 0.130. The van der Waals surface area contributed by atoms with Gasteiger partial charge in [-0.3, -0.25) is 4.79 Å². The number of rotatable bonds is 6. The molecule has 0 saturated carbocycles. The van der Waals surface area contributed by atoms with Crippen molar-refractivity contribution in [2.45, 2.75) is 6.92 Å². The maximum absolute atomic E-state index is 12.9. The number of ether oxygens (including phenoxy) is 3. The minimum Gasteiger partial charge on any atom is -0.488 e. The van der Waals surface area contributed by atoms with E-state index < -0.39 is 11.9 Å². The molecule has 2 aromatic carbocycles. The monoisotopic (exact) mass is 391 g/mol. The number of carbonyl (C=O) groups is 2. The maximum Gasteiger partial charge on any atom is 0.337 e. The van der Waals surface area contributed by atoms with Crippen molar-refractivity contribution in [1.82, 2.24) is 0 Å². The van der Waals surface area contributed by atoms with Crippen LogP contribution in [0.5, 0.6) is 17.2 Å². The fourth-order valence-corrected chi connectivity index (χ4v) is 2.88. The molecule has 29 heavy (non-hydrogen) atoms. The molecule has 0 aromatic heterocycles. The number of benzene rings is 2. The van der Waals surface area contributed by atoms with E-state index in [0.717, 1.165) is 5.57 Å². The quantitative estimate of drug-likeness (QED) is 0.560. The predicted octanol–water partition coefficient (Wildman–Crippen LogP) is 4.90. The lowest BCUT2D eigenvalue weighted by Crippen LogP contribution is -2.13. The van der Waals surface area contributed by atoms with Gasteiger partial charge < -0.3 is 19.5 Å². The Kier molecular flexibility index (Phi) is 6.14. The third kappa shape index (κ3) is 4.38. The van der Waals surface area contributed by atoms with Crippen LogP contribution in [-0.2, 0) is 4.74 Å². The standard InChI is InChI=1S/C23H21NO5/c1-4-7-15(8-5-2)14-28-19-9-6-10-20-21(19)22(25)24-17-13-16(23(26)27-3)11-12-18(17)29-20/h4-13H,1,14H2,2-3H3,(H,24,25)/b8-5-,15-7+. The Labute approximate surface area is 169 Å². The van der Waals surface area contributed by atoms with Crippen LogP contribution in [0.3, 0.4) is 0 Å². The van der Waals surface area contributed by atoms with Gasteiger partial charge >= 0.3 is 5.97 Å². The minimum atomic E-state index is -0.502. The highest BCUT2D eigenvalue weighted by molar-refractivity contribution is 6.10. The van der Waals surface area contributed by atoms with Gasteiger partial charge in [0, 0.05) is 0 Å². The molecule has 148 valence electrons. The van der Waals surface area contributed by atoms with Crippen molar-refractivity contribution in [2.75, 3.05) is 19.0 Å². The van der Waals surface area contributed by atoms with Crippen LogP contribution in [0.1, 0.15) is 27.6 Å². The second kappa shape index (κ2) is 8.93. The number of allylic oxidation sites excluding steroid dienone is 3. The lowest BCUT2D eigenvalue weighted by molar-refractivity contribution is 0.0600. The van der Waals surface area contributed by atoms with E-state index in [2.05, 4.69) is 11.9 Å². The zero-order valence-corrected chi connectivity index (χ0v) is 16.2. The molecule has 0 fully saturated rings. The molecule has 0 spiro atoms. The summed E-state index contributed by atoms with van der Waals surface area (Å²) in [6, 6.07) is 9.85. The summed E-state index contributed by atoms with van der Waals surface area (Å²) < 4.78 is 16.5. The molecule has 6 heteroatoms. The average Bonchev–Trinajstić information content (AvgIpc) is 2.87. The van der Waals surface area contributed by atoms with E-state index in [1.54, 1.807) is 36.4 Å². The Hall–Kier alpha value is -3.80. The van der Waals surface area contributed by atoms with E-state index in [9.17, 15) is 9.59 Å². The Balaban J connectivity index is 1.92. The summed E-state index contributed by atoms with van der Waals surface area (Å²) in [6.07, 6.45) is 7.32. The number of hydrogen-bond donors (Lipinski definition) is 1. The van der Waals surface area contributed by atoms with E-state index in [1.807, 2.05) is 25.2 Å². The molecule has 1 aliphatic rings. The van der Waals surface area contributed by atoms with Gasteiger partial charge in [-0.1, -0.05) is 36.9 Å². The van der Waals surface area contributed by atoms with Gasteiger partial charge in [0.05, 0.1) is 18.4 Å². The first kappa shape index (κ1) is 19.9. The van der Waals surface area contributed by atoms with Crippen molar-refractivity contribution >= 4 is 17.6 Å². The third-order valence-electron chi connectivity index (χ3n) is 4.19. The molecule has 0 aliphatic carbocycles. The van der Waals surface area contributed by atoms with Gasteiger partial charge in [-0.15, -0.1) is 0 Å². The number of nitrogens with one attached hydrogen (secondary N) is 1. The number of carbonyl (C=O) groups excluding carboxylic acids is 2. The number of anilines is 1. The highest BCUT2D eigenvalue weighted by atomic mass is 16.5. The summed E-state index contributed by atoms with van der Waals surface area (Å²) in [4.78, 5) is 24.7. The Morgan fingerprint density at radius 2 is 2.07 bits per heavy atom. The number of fused-ring (bicyclic) bond motifs is 2. The highest BCUT2D eigenvalue weighted by Gasteiger charge is 2.25. The Morgan fingerprint density at radius 1 is 1.24 bits per heavy atom. The molecule has 6 nitrogen and oxygen atoms in total. The maximum atomic E-state index is 12.9. The molecule has 0 radical (unpaired) electrons. The first-order valence-electron chi connectivity index (χ1n) is 8.99. The van der Waals surface area contributed by atoms with E-state index in [4.69, 9.17) is 14.2 Å². The molecule has 0 unspecified atom stereocenters. The van der Waals surface area contributed by atoms with E-state index in [1.165, 1.54) is 13.2 Å². The molecule has 1 amide bonds. The number of methoxy groups -OCH3 is 1. The number of amides is 1. The molecule has 2 aromatic rings. The summed E-state index contributed by atoms with van der Waals surface area (Å²) in [5.41, 5.74) is 1.87. The number of esters is 1. The summed E-state index contributed by atoms with van der Waals surface area (Å²) in [7, 11) is 1.30. The predicted molar refractivity (Wildman–Crippen MR) is 111 cm³/mol. The smallest absolute Gasteiger partial charge is 0.337 e. The van der Waals surface area contributed by atoms with Crippen molar-refractivity contribution in [3.63, 3.8) is 0 Å². The Bertz CT molecular complexity index is 1020. The van der Waals surface area contributed by atoms with E-state index in [0.29, 0.717) is 28.5 Å². The Morgan fingerprint density at radius 3 is 2.79 bits per heavy atom. The molecule has 0 atom stereocenters. The zero-order chi connectivity index (χ0) is 20.8. The first-order chi connectivity index (χ1) is 14.1. The SMILES string of the molecule is C=C/C=C(\C=C/C)COc1cccc2c1C(=O)Nc1cc(C(=O)OC)ccc1O2. The lowest BCUT2D eigenvalue weighted by Gasteiger charge is -2.13. The molecular formula is C23H21NO5. The van der Waals surface area contributed by atoms with Crippen molar-refractivity contribution in [1.29, 1.82) is 0 Å². The number of hydrogen-bond acceptors (Lipinski definition) is 5. The van der Waals surface area contributed by atoms with Crippen LogP contribution in [0.4, 0.5) is 5.69 Å². The second-order valence-corrected chi connectivity index (χ2v) is 6.15.